The first-order chi connectivity index (χ1) is 11.8. The number of alkyl halides is 3. The van der Waals surface area contributed by atoms with Crippen molar-refractivity contribution in [1.29, 1.82) is 10.8 Å². The predicted molar refractivity (Wildman–Crippen MR) is 92.0 cm³/mol. The van der Waals surface area contributed by atoms with Gasteiger partial charge in [-0.05, 0) is 42.5 Å². The number of hydrogen-bond acceptors (Lipinski definition) is 5. The summed E-state index contributed by atoms with van der Waals surface area (Å²) in [5.41, 5.74) is 12.3. The van der Waals surface area contributed by atoms with Gasteiger partial charge in [0.2, 0.25) is 0 Å². The molecule has 1 aromatic carbocycles. The monoisotopic (exact) mass is 347 g/mol. The third-order valence-corrected chi connectivity index (χ3v) is 4.41. The van der Waals surface area contributed by atoms with Gasteiger partial charge in [0.15, 0.2) is 0 Å². The molecule has 1 aliphatic rings. The molecule has 0 aliphatic heterocycles. The number of pyridine rings is 1. The summed E-state index contributed by atoms with van der Waals surface area (Å²) in [5, 5.41) is 15.8. The Bertz CT molecular complexity index is 928. The third-order valence-electron chi connectivity index (χ3n) is 4.41. The van der Waals surface area contributed by atoms with Crippen molar-refractivity contribution in [2.75, 3.05) is 5.73 Å². The maximum atomic E-state index is 13.0. The maximum absolute atomic E-state index is 13.0. The summed E-state index contributed by atoms with van der Waals surface area (Å²) in [4.78, 5) is 4.35. The van der Waals surface area contributed by atoms with Crippen LogP contribution in [0.1, 0.15) is 28.8 Å². The van der Waals surface area contributed by atoms with E-state index >= 15 is 0 Å². The minimum Gasteiger partial charge on any atom is -0.404 e. The van der Waals surface area contributed by atoms with Crippen LogP contribution >= 0.6 is 0 Å². The molecule has 0 spiro atoms. The first-order valence-corrected chi connectivity index (χ1v) is 7.62. The van der Waals surface area contributed by atoms with Crippen LogP contribution in [-0.2, 0) is 12.8 Å². The summed E-state index contributed by atoms with van der Waals surface area (Å²) in [7, 11) is 0. The molecule has 3 rings (SSSR count). The molecule has 0 saturated heterocycles. The molecule has 0 amide bonds. The summed E-state index contributed by atoms with van der Waals surface area (Å²) >= 11 is 0. The van der Waals surface area contributed by atoms with Crippen molar-refractivity contribution >= 4 is 34.1 Å². The Balaban J connectivity index is 2.34. The number of nitrogens with two attached hydrogens (primary N) is 2. The Morgan fingerprint density at radius 2 is 1.88 bits per heavy atom. The van der Waals surface area contributed by atoms with Crippen LogP contribution < -0.4 is 11.5 Å². The number of allylic oxidation sites excluding steroid dienone is 1. The molecule has 6 N–H and O–H groups in total. The summed E-state index contributed by atoms with van der Waals surface area (Å²) in [6, 6.07) is 3.19. The molecule has 0 bridgehead atoms. The van der Waals surface area contributed by atoms with Crippen LogP contribution in [0.2, 0.25) is 0 Å². The summed E-state index contributed by atoms with van der Waals surface area (Å²) in [5.74, 6) is 0. The zero-order valence-corrected chi connectivity index (χ0v) is 13.2. The van der Waals surface area contributed by atoms with Crippen molar-refractivity contribution in [2.24, 2.45) is 5.73 Å². The number of fused-ring (bicyclic) bond motifs is 3. The summed E-state index contributed by atoms with van der Waals surface area (Å²) in [6.45, 7) is 0. The van der Waals surface area contributed by atoms with E-state index in [2.05, 4.69) is 4.98 Å². The van der Waals surface area contributed by atoms with Crippen LogP contribution in [0.5, 0.6) is 0 Å². The first kappa shape index (κ1) is 16.9. The van der Waals surface area contributed by atoms with Gasteiger partial charge in [0, 0.05) is 34.6 Å². The van der Waals surface area contributed by atoms with Crippen LogP contribution in [0, 0.1) is 10.8 Å². The molecule has 130 valence electrons. The Kier molecular flexibility index (Phi) is 3.98. The number of aryl methyl sites for hydroxylation is 1. The van der Waals surface area contributed by atoms with E-state index in [1.807, 2.05) is 0 Å². The zero-order valence-electron chi connectivity index (χ0n) is 13.2. The lowest BCUT2D eigenvalue weighted by molar-refractivity contribution is -0.0578. The van der Waals surface area contributed by atoms with E-state index in [0.717, 1.165) is 24.4 Å². The van der Waals surface area contributed by atoms with Gasteiger partial charge in [-0.1, -0.05) is 0 Å². The Morgan fingerprint density at radius 1 is 1.20 bits per heavy atom. The molecule has 1 heterocycles. The van der Waals surface area contributed by atoms with Crippen molar-refractivity contribution in [1.82, 2.24) is 4.98 Å². The maximum Gasteiger partial charge on any atom is 0.433 e. The van der Waals surface area contributed by atoms with Crippen molar-refractivity contribution in [2.45, 2.75) is 25.4 Å². The van der Waals surface area contributed by atoms with Gasteiger partial charge >= 0.3 is 6.18 Å². The Labute approximate surface area is 141 Å². The standard InChI is InChI=1S/C17H16F3N5/c18-17(19,20)16(24)11(7-22)15-9-3-1-2-8(9)14-10(6-21)12(23)4-5-13(14)25-15/h4-7,21,24H,1-3,22-23H2/b11-7-,21-6?,24-16?. The van der Waals surface area contributed by atoms with E-state index in [0.29, 0.717) is 40.6 Å². The topological polar surface area (TPSA) is 113 Å². The second-order valence-electron chi connectivity index (χ2n) is 5.83. The predicted octanol–water partition coefficient (Wildman–Crippen LogP) is 3.19. The van der Waals surface area contributed by atoms with Crippen LogP contribution in [0.15, 0.2) is 18.3 Å². The van der Waals surface area contributed by atoms with E-state index in [1.165, 1.54) is 0 Å². The highest BCUT2D eigenvalue weighted by atomic mass is 19.4. The lowest BCUT2D eigenvalue weighted by Crippen LogP contribution is -2.25. The van der Waals surface area contributed by atoms with E-state index in [1.54, 1.807) is 12.1 Å². The molecule has 1 aliphatic carbocycles. The van der Waals surface area contributed by atoms with Crippen LogP contribution in [0.25, 0.3) is 16.5 Å². The van der Waals surface area contributed by atoms with Crippen LogP contribution in [0.4, 0.5) is 18.9 Å². The Morgan fingerprint density at radius 3 is 2.48 bits per heavy atom. The molecule has 2 aromatic rings. The highest BCUT2D eigenvalue weighted by molar-refractivity contribution is 6.25. The zero-order chi connectivity index (χ0) is 18.4. The van der Waals surface area contributed by atoms with Gasteiger partial charge < -0.3 is 16.9 Å². The number of nitrogen functional groups attached to an aromatic ring is 1. The number of benzene rings is 1. The summed E-state index contributed by atoms with van der Waals surface area (Å²) in [6.07, 6.45) is -0.932. The average molecular weight is 347 g/mol. The minimum atomic E-state index is -4.81. The molecule has 0 saturated carbocycles. The van der Waals surface area contributed by atoms with E-state index in [-0.39, 0.29) is 5.69 Å². The minimum absolute atomic E-state index is 0.0885. The average Bonchev–Trinajstić information content (AvgIpc) is 3.04. The molecular formula is C17H16F3N5. The molecule has 0 atom stereocenters. The quantitative estimate of drug-likeness (QED) is 0.505. The van der Waals surface area contributed by atoms with E-state index in [9.17, 15) is 13.2 Å². The van der Waals surface area contributed by atoms with Gasteiger partial charge in [0.25, 0.3) is 0 Å². The van der Waals surface area contributed by atoms with E-state index < -0.39 is 17.5 Å². The number of rotatable bonds is 3. The number of nitrogens with one attached hydrogen (secondary N) is 2. The second kappa shape index (κ2) is 5.87. The van der Waals surface area contributed by atoms with Gasteiger partial charge in [-0.3, -0.25) is 5.41 Å². The molecular weight excluding hydrogens is 331 g/mol. The lowest BCUT2D eigenvalue weighted by atomic mass is 9.94. The number of nitrogens with zero attached hydrogens (tertiary/aromatic N) is 1. The fraction of sp³-hybridized carbons (Fsp3) is 0.235. The van der Waals surface area contributed by atoms with Crippen molar-refractivity contribution in [3.05, 3.63) is 40.7 Å². The van der Waals surface area contributed by atoms with Gasteiger partial charge in [-0.15, -0.1) is 0 Å². The smallest absolute Gasteiger partial charge is 0.404 e. The fourth-order valence-corrected chi connectivity index (χ4v) is 3.31. The SMILES string of the molecule is N=Cc1c(N)ccc2nc(/C(=C/N)C(=N)C(F)(F)F)c3c(c12)CCC3. The third kappa shape index (κ3) is 2.63. The first-order valence-electron chi connectivity index (χ1n) is 7.62. The van der Waals surface area contributed by atoms with Crippen molar-refractivity contribution < 1.29 is 13.2 Å². The van der Waals surface area contributed by atoms with Gasteiger partial charge in [-0.2, -0.15) is 13.2 Å². The van der Waals surface area contributed by atoms with Crippen molar-refractivity contribution in [3.63, 3.8) is 0 Å². The molecule has 25 heavy (non-hydrogen) atoms. The van der Waals surface area contributed by atoms with Gasteiger partial charge in [-0.25, -0.2) is 4.98 Å². The number of anilines is 1. The molecule has 1 aromatic heterocycles. The normalized spacial score (nSPS) is 14.6. The molecule has 0 fully saturated rings. The number of hydrogen-bond donors (Lipinski definition) is 4. The second-order valence-corrected chi connectivity index (χ2v) is 5.83. The largest absolute Gasteiger partial charge is 0.433 e. The molecule has 5 nitrogen and oxygen atoms in total. The highest BCUT2D eigenvalue weighted by Gasteiger charge is 2.39. The number of aromatic nitrogens is 1. The van der Waals surface area contributed by atoms with Crippen LogP contribution in [0.3, 0.4) is 0 Å². The fourth-order valence-electron chi connectivity index (χ4n) is 3.31. The van der Waals surface area contributed by atoms with Crippen molar-refractivity contribution in [3.8, 4) is 0 Å². The summed E-state index contributed by atoms with van der Waals surface area (Å²) < 4.78 is 39.0. The Hall–Kier alpha value is -2.90. The molecule has 0 unspecified atom stereocenters. The van der Waals surface area contributed by atoms with Crippen LogP contribution in [-0.4, -0.2) is 23.1 Å². The van der Waals surface area contributed by atoms with E-state index in [4.69, 9.17) is 22.3 Å². The van der Waals surface area contributed by atoms with Gasteiger partial charge in [0.1, 0.15) is 5.71 Å². The number of halogens is 3. The molecule has 8 heteroatoms. The van der Waals surface area contributed by atoms with Gasteiger partial charge in [0.05, 0.1) is 11.2 Å². The lowest BCUT2D eigenvalue weighted by Gasteiger charge is -2.17. The molecule has 0 radical (unpaired) electrons. The highest BCUT2D eigenvalue weighted by Crippen LogP contribution is 2.38.